The SMILES string of the molecule is CC(=O)N[C@H]1CC[C@H](C(=O)N2CCCC2C(=O)NCC(=O)N[C@H]2CC[C@H](C(=O)N(C)C)C2)C1. The minimum absolute atomic E-state index is 0.0122. The zero-order valence-electron chi connectivity index (χ0n) is 19.9. The van der Waals surface area contributed by atoms with Gasteiger partial charge in [0.2, 0.25) is 29.5 Å². The van der Waals surface area contributed by atoms with Crippen LogP contribution in [0.4, 0.5) is 0 Å². The van der Waals surface area contributed by atoms with E-state index < -0.39 is 6.04 Å². The summed E-state index contributed by atoms with van der Waals surface area (Å²) in [6.45, 7) is 1.86. The van der Waals surface area contributed by atoms with Crippen LogP contribution >= 0.6 is 0 Å². The lowest BCUT2D eigenvalue weighted by Gasteiger charge is -2.27. The molecule has 0 aromatic carbocycles. The van der Waals surface area contributed by atoms with E-state index in [-0.39, 0.29) is 60.0 Å². The predicted molar refractivity (Wildman–Crippen MR) is 121 cm³/mol. The first-order valence-electron chi connectivity index (χ1n) is 12.0. The highest BCUT2D eigenvalue weighted by Crippen LogP contribution is 2.30. The van der Waals surface area contributed by atoms with E-state index in [0.29, 0.717) is 32.2 Å². The van der Waals surface area contributed by atoms with Crippen LogP contribution in [0.5, 0.6) is 0 Å². The first-order chi connectivity index (χ1) is 15.7. The van der Waals surface area contributed by atoms with Gasteiger partial charge in [-0.1, -0.05) is 0 Å². The molecule has 184 valence electrons. The van der Waals surface area contributed by atoms with E-state index in [9.17, 15) is 24.0 Å². The number of hydrogen-bond acceptors (Lipinski definition) is 5. The summed E-state index contributed by atoms with van der Waals surface area (Å²) in [5, 5.41) is 8.47. The molecule has 0 bridgehead atoms. The van der Waals surface area contributed by atoms with Crippen LogP contribution in [0.1, 0.15) is 58.3 Å². The van der Waals surface area contributed by atoms with Crippen molar-refractivity contribution in [2.45, 2.75) is 76.4 Å². The maximum Gasteiger partial charge on any atom is 0.243 e. The smallest absolute Gasteiger partial charge is 0.243 e. The van der Waals surface area contributed by atoms with Crippen molar-refractivity contribution in [3.05, 3.63) is 0 Å². The first-order valence-corrected chi connectivity index (χ1v) is 12.0. The van der Waals surface area contributed by atoms with Crippen LogP contribution in [0.2, 0.25) is 0 Å². The fourth-order valence-corrected chi connectivity index (χ4v) is 5.43. The second kappa shape index (κ2) is 11.0. The molecular weight excluding hydrogens is 426 g/mol. The largest absolute Gasteiger partial charge is 0.354 e. The van der Waals surface area contributed by atoms with Crippen LogP contribution in [0.15, 0.2) is 0 Å². The molecule has 0 aromatic heterocycles. The molecule has 10 nitrogen and oxygen atoms in total. The van der Waals surface area contributed by atoms with Crippen LogP contribution < -0.4 is 16.0 Å². The number of carbonyl (C=O) groups excluding carboxylic acids is 5. The van der Waals surface area contributed by atoms with Gasteiger partial charge in [0, 0.05) is 51.5 Å². The van der Waals surface area contributed by atoms with Crippen molar-refractivity contribution in [3.63, 3.8) is 0 Å². The van der Waals surface area contributed by atoms with Crippen molar-refractivity contribution in [2.24, 2.45) is 11.8 Å². The minimum atomic E-state index is -0.557. The third kappa shape index (κ3) is 6.45. The lowest BCUT2D eigenvalue weighted by Crippen LogP contribution is -2.50. The van der Waals surface area contributed by atoms with Crippen LogP contribution in [0.3, 0.4) is 0 Å². The first kappa shape index (κ1) is 25.0. The molecule has 5 atom stereocenters. The highest BCUT2D eigenvalue weighted by molar-refractivity contribution is 5.91. The molecule has 1 unspecified atom stereocenters. The van der Waals surface area contributed by atoms with Crippen molar-refractivity contribution in [2.75, 3.05) is 27.2 Å². The van der Waals surface area contributed by atoms with Crippen molar-refractivity contribution < 1.29 is 24.0 Å². The summed E-state index contributed by atoms with van der Waals surface area (Å²) in [4.78, 5) is 64.7. The number of nitrogens with zero attached hydrogens (tertiary/aromatic N) is 2. The Morgan fingerprint density at radius 1 is 0.879 bits per heavy atom. The Hall–Kier alpha value is -2.65. The summed E-state index contributed by atoms with van der Waals surface area (Å²) < 4.78 is 0. The van der Waals surface area contributed by atoms with E-state index in [1.807, 2.05) is 0 Å². The fraction of sp³-hybridized carbons (Fsp3) is 0.783. The van der Waals surface area contributed by atoms with Crippen LogP contribution in [0, 0.1) is 11.8 Å². The Morgan fingerprint density at radius 2 is 1.52 bits per heavy atom. The van der Waals surface area contributed by atoms with E-state index in [1.165, 1.54) is 6.92 Å². The third-order valence-electron chi connectivity index (χ3n) is 7.04. The molecule has 10 heteroatoms. The Labute approximate surface area is 195 Å². The Kier molecular flexibility index (Phi) is 8.31. The third-order valence-corrected chi connectivity index (χ3v) is 7.04. The average Bonchev–Trinajstić information content (AvgIpc) is 3.51. The second-order valence-corrected chi connectivity index (χ2v) is 9.82. The molecule has 2 saturated carbocycles. The van der Waals surface area contributed by atoms with Crippen molar-refractivity contribution in [3.8, 4) is 0 Å². The van der Waals surface area contributed by atoms with Crippen LogP contribution in [-0.2, 0) is 24.0 Å². The molecule has 5 amide bonds. The normalized spacial score (nSPS) is 28.9. The van der Waals surface area contributed by atoms with E-state index >= 15 is 0 Å². The molecule has 3 aliphatic rings. The number of amides is 5. The van der Waals surface area contributed by atoms with Crippen molar-refractivity contribution in [1.29, 1.82) is 0 Å². The van der Waals surface area contributed by atoms with Crippen molar-refractivity contribution in [1.82, 2.24) is 25.8 Å². The Morgan fingerprint density at radius 3 is 2.18 bits per heavy atom. The van der Waals surface area contributed by atoms with Gasteiger partial charge in [-0.25, -0.2) is 0 Å². The van der Waals surface area contributed by atoms with Gasteiger partial charge in [-0.15, -0.1) is 0 Å². The van der Waals surface area contributed by atoms with E-state index in [0.717, 1.165) is 25.7 Å². The predicted octanol–water partition coefficient (Wildman–Crippen LogP) is -0.228. The molecule has 1 saturated heterocycles. The maximum absolute atomic E-state index is 13.0. The lowest BCUT2D eigenvalue weighted by atomic mass is 10.1. The standard InChI is InChI=1S/C23H37N5O5/c1-14(29)25-17-8-7-16(12-17)23(33)28-10-4-5-19(28)21(31)24-13-20(30)26-18-9-6-15(11-18)22(32)27(2)3/h15-19H,4-13H2,1-3H3,(H,24,31)(H,25,29)(H,26,30)/t15-,16-,17-,18-,19?/m0/s1. The van der Waals surface area contributed by atoms with Gasteiger partial charge < -0.3 is 25.8 Å². The zero-order valence-corrected chi connectivity index (χ0v) is 19.9. The zero-order chi connectivity index (χ0) is 24.1. The maximum atomic E-state index is 13.0. The average molecular weight is 464 g/mol. The molecule has 33 heavy (non-hydrogen) atoms. The van der Waals surface area contributed by atoms with Crippen molar-refractivity contribution >= 4 is 29.5 Å². The van der Waals surface area contributed by atoms with E-state index in [4.69, 9.17) is 0 Å². The van der Waals surface area contributed by atoms with E-state index in [2.05, 4.69) is 16.0 Å². The monoisotopic (exact) mass is 463 g/mol. The number of hydrogen-bond donors (Lipinski definition) is 3. The van der Waals surface area contributed by atoms with Gasteiger partial charge in [-0.2, -0.15) is 0 Å². The summed E-state index contributed by atoms with van der Waals surface area (Å²) in [6, 6.07) is -0.608. The van der Waals surface area contributed by atoms with Gasteiger partial charge in [-0.3, -0.25) is 24.0 Å². The molecule has 3 fully saturated rings. The highest BCUT2D eigenvalue weighted by Gasteiger charge is 2.40. The number of likely N-dealkylation sites (tertiary alicyclic amines) is 1. The highest BCUT2D eigenvalue weighted by atomic mass is 16.2. The minimum Gasteiger partial charge on any atom is -0.354 e. The second-order valence-electron chi connectivity index (χ2n) is 9.82. The number of carbonyl (C=O) groups is 5. The van der Waals surface area contributed by atoms with E-state index in [1.54, 1.807) is 23.9 Å². The van der Waals surface area contributed by atoms with Gasteiger partial charge in [0.25, 0.3) is 0 Å². The summed E-state index contributed by atoms with van der Waals surface area (Å²) in [6.07, 6.45) is 5.51. The van der Waals surface area contributed by atoms with Gasteiger partial charge in [0.05, 0.1) is 6.54 Å². The summed E-state index contributed by atoms with van der Waals surface area (Å²) in [7, 11) is 3.46. The topological polar surface area (TPSA) is 128 Å². The molecule has 3 rings (SSSR count). The molecular formula is C23H37N5O5. The Bertz CT molecular complexity index is 785. The molecule has 1 heterocycles. The summed E-state index contributed by atoms with van der Waals surface area (Å²) in [5.41, 5.74) is 0. The van der Waals surface area contributed by atoms with Gasteiger partial charge in [0.15, 0.2) is 0 Å². The molecule has 0 spiro atoms. The molecule has 2 aliphatic carbocycles. The van der Waals surface area contributed by atoms with Crippen LogP contribution in [0.25, 0.3) is 0 Å². The number of rotatable bonds is 7. The molecule has 0 aromatic rings. The lowest BCUT2D eigenvalue weighted by molar-refractivity contribution is -0.141. The summed E-state index contributed by atoms with van der Waals surface area (Å²) in [5.74, 6) is -0.889. The van der Waals surface area contributed by atoms with Crippen LogP contribution in [-0.4, -0.2) is 84.6 Å². The quantitative estimate of drug-likeness (QED) is 0.481. The van der Waals surface area contributed by atoms with Gasteiger partial charge in [0.1, 0.15) is 6.04 Å². The fourth-order valence-electron chi connectivity index (χ4n) is 5.43. The summed E-state index contributed by atoms with van der Waals surface area (Å²) >= 11 is 0. The Balaban J connectivity index is 1.43. The molecule has 3 N–H and O–H groups in total. The molecule has 1 aliphatic heterocycles. The van der Waals surface area contributed by atoms with Gasteiger partial charge >= 0.3 is 0 Å². The molecule has 0 radical (unpaired) electrons. The number of nitrogens with one attached hydrogen (secondary N) is 3. The van der Waals surface area contributed by atoms with Gasteiger partial charge in [-0.05, 0) is 51.4 Å².